The van der Waals surface area contributed by atoms with Gasteiger partial charge in [0.05, 0.1) is 12.1 Å². The summed E-state index contributed by atoms with van der Waals surface area (Å²) in [6.45, 7) is 6.10. The van der Waals surface area contributed by atoms with Crippen LogP contribution in [0.5, 0.6) is 0 Å². The quantitative estimate of drug-likeness (QED) is 0.927. The lowest BCUT2D eigenvalue weighted by Crippen LogP contribution is -2.34. The zero-order chi connectivity index (χ0) is 13.3. The summed E-state index contributed by atoms with van der Waals surface area (Å²) >= 11 is 3.42. The van der Waals surface area contributed by atoms with Gasteiger partial charge in [0.15, 0.2) is 0 Å². The van der Waals surface area contributed by atoms with Crippen molar-refractivity contribution in [1.29, 1.82) is 0 Å². The molecule has 2 aromatic rings. The summed E-state index contributed by atoms with van der Waals surface area (Å²) < 4.78 is 2.76. The first-order valence-corrected chi connectivity index (χ1v) is 6.58. The lowest BCUT2D eigenvalue weighted by Gasteiger charge is -2.17. The molecule has 2 aromatic heterocycles. The number of pyridine rings is 1. The van der Waals surface area contributed by atoms with Crippen LogP contribution in [0.1, 0.15) is 26.6 Å². The molecule has 0 aliphatic heterocycles. The maximum absolute atomic E-state index is 11.8. The highest BCUT2D eigenvalue weighted by Gasteiger charge is 2.21. The van der Waals surface area contributed by atoms with Crippen LogP contribution in [0.15, 0.2) is 29.0 Å². The minimum Gasteiger partial charge on any atom is -0.348 e. The van der Waals surface area contributed by atoms with Crippen molar-refractivity contribution in [2.45, 2.75) is 27.3 Å². The van der Waals surface area contributed by atoms with Crippen molar-refractivity contribution in [3.63, 3.8) is 0 Å². The van der Waals surface area contributed by atoms with Crippen molar-refractivity contribution in [1.82, 2.24) is 14.7 Å². The third kappa shape index (κ3) is 2.56. The number of nitrogens with one attached hydrogen (secondary N) is 1. The van der Waals surface area contributed by atoms with E-state index < -0.39 is 0 Å². The number of carbonyl (C=O) groups excluding carboxylic acids is 1. The molecule has 4 nitrogen and oxygen atoms in total. The van der Waals surface area contributed by atoms with Crippen molar-refractivity contribution in [3.8, 4) is 0 Å². The molecular weight excluding hydrogens is 294 g/mol. The van der Waals surface area contributed by atoms with E-state index in [9.17, 15) is 4.79 Å². The van der Waals surface area contributed by atoms with Crippen molar-refractivity contribution in [3.05, 3.63) is 34.8 Å². The fourth-order valence-electron chi connectivity index (χ4n) is 1.61. The largest absolute Gasteiger partial charge is 0.348 e. The highest BCUT2D eigenvalue weighted by molar-refractivity contribution is 9.10. The van der Waals surface area contributed by atoms with Gasteiger partial charge in [-0.25, -0.2) is 4.98 Å². The van der Waals surface area contributed by atoms with Gasteiger partial charge < -0.3 is 9.72 Å². The van der Waals surface area contributed by atoms with E-state index in [4.69, 9.17) is 0 Å². The van der Waals surface area contributed by atoms with Gasteiger partial charge in [0.2, 0.25) is 5.91 Å². The second-order valence-electron chi connectivity index (χ2n) is 5.21. The first-order chi connectivity index (χ1) is 8.39. The predicted molar refractivity (Wildman–Crippen MR) is 74.2 cm³/mol. The zero-order valence-corrected chi connectivity index (χ0v) is 12.3. The zero-order valence-electron chi connectivity index (χ0n) is 10.7. The van der Waals surface area contributed by atoms with Crippen LogP contribution >= 0.6 is 15.9 Å². The first-order valence-electron chi connectivity index (χ1n) is 5.79. The average molecular weight is 310 g/mol. The van der Waals surface area contributed by atoms with E-state index in [1.165, 1.54) is 0 Å². The number of hydrogen-bond acceptors (Lipinski definition) is 2. The Bertz CT molecular complexity index is 583. The lowest BCUT2D eigenvalue weighted by molar-refractivity contribution is -0.128. The summed E-state index contributed by atoms with van der Waals surface area (Å²) in [7, 11) is 0. The van der Waals surface area contributed by atoms with Crippen LogP contribution < -0.4 is 5.32 Å². The van der Waals surface area contributed by atoms with E-state index in [-0.39, 0.29) is 11.3 Å². The third-order valence-corrected chi connectivity index (χ3v) is 3.25. The summed E-state index contributed by atoms with van der Waals surface area (Å²) in [5.74, 6) is 0.835. The Labute approximate surface area is 115 Å². The number of halogens is 1. The number of aromatic nitrogens is 2. The molecule has 0 fully saturated rings. The van der Waals surface area contributed by atoms with Crippen LogP contribution in [0.3, 0.4) is 0 Å². The summed E-state index contributed by atoms with van der Waals surface area (Å²) in [5, 5.41) is 2.90. The highest BCUT2D eigenvalue weighted by atomic mass is 79.9. The van der Waals surface area contributed by atoms with Crippen molar-refractivity contribution >= 4 is 27.4 Å². The van der Waals surface area contributed by atoms with Gasteiger partial charge in [-0.15, -0.1) is 0 Å². The molecule has 0 aliphatic rings. The molecule has 0 saturated heterocycles. The van der Waals surface area contributed by atoms with Crippen molar-refractivity contribution < 1.29 is 4.79 Å². The first kappa shape index (κ1) is 13.1. The van der Waals surface area contributed by atoms with Crippen LogP contribution in [0, 0.1) is 5.41 Å². The minimum atomic E-state index is -0.385. The van der Waals surface area contributed by atoms with Gasteiger partial charge in [0.25, 0.3) is 0 Å². The fraction of sp³-hybridized carbons (Fsp3) is 0.385. The Hall–Kier alpha value is -1.36. The molecule has 0 aliphatic carbocycles. The average Bonchev–Trinajstić information content (AvgIpc) is 2.63. The number of fused-ring (bicyclic) bond motifs is 1. The molecule has 0 unspecified atom stereocenters. The van der Waals surface area contributed by atoms with Gasteiger partial charge in [-0.2, -0.15) is 0 Å². The molecular formula is C13H16BrN3O. The Morgan fingerprint density at radius 1 is 1.44 bits per heavy atom. The molecule has 0 spiro atoms. The molecule has 0 aromatic carbocycles. The fourth-order valence-corrected chi connectivity index (χ4v) is 2.14. The van der Waals surface area contributed by atoms with Crippen molar-refractivity contribution in [2.24, 2.45) is 5.41 Å². The summed E-state index contributed by atoms with van der Waals surface area (Å²) in [5.41, 5.74) is 0.613. The van der Waals surface area contributed by atoms with E-state index in [2.05, 4.69) is 26.2 Å². The van der Waals surface area contributed by atoms with Gasteiger partial charge in [-0.3, -0.25) is 4.79 Å². The van der Waals surface area contributed by atoms with Gasteiger partial charge in [0, 0.05) is 11.6 Å². The Morgan fingerprint density at radius 3 is 2.83 bits per heavy atom. The van der Waals surface area contributed by atoms with E-state index in [1.54, 1.807) is 0 Å². The molecule has 1 amide bonds. The Morgan fingerprint density at radius 2 is 2.17 bits per heavy atom. The summed E-state index contributed by atoms with van der Waals surface area (Å²) in [4.78, 5) is 16.2. The topological polar surface area (TPSA) is 46.4 Å². The number of imidazole rings is 1. The molecule has 0 saturated carbocycles. The second-order valence-corrected chi connectivity index (χ2v) is 5.96. The van der Waals surface area contributed by atoms with Gasteiger partial charge in [-0.1, -0.05) is 26.8 Å². The molecule has 18 heavy (non-hydrogen) atoms. The van der Waals surface area contributed by atoms with Crippen LogP contribution in [0.2, 0.25) is 0 Å². The number of hydrogen-bond donors (Lipinski definition) is 1. The third-order valence-electron chi connectivity index (χ3n) is 2.66. The number of carbonyl (C=O) groups is 1. The van der Waals surface area contributed by atoms with E-state index in [1.807, 2.05) is 49.6 Å². The van der Waals surface area contributed by atoms with Crippen LogP contribution in [-0.2, 0) is 11.3 Å². The molecule has 0 atom stereocenters. The monoisotopic (exact) mass is 309 g/mol. The molecule has 2 heterocycles. The van der Waals surface area contributed by atoms with Gasteiger partial charge in [-0.05, 0) is 28.1 Å². The van der Waals surface area contributed by atoms with Crippen LogP contribution in [0.25, 0.3) is 5.52 Å². The van der Waals surface area contributed by atoms with E-state index >= 15 is 0 Å². The van der Waals surface area contributed by atoms with E-state index in [0.29, 0.717) is 6.54 Å². The molecule has 5 heteroatoms. The molecule has 0 radical (unpaired) electrons. The standard InChI is InChI=1S/C13H16BrN3O/c1-13(2,3)12(18)15-8-10-16-11(14)9-6-4-5-7-17(9)10/h4-7H,8H2,1-3H3,(H,15,18). The van der Waals surface area contributed by atoms with Crippen LogP contribution in [0.4, 0.5) is 0 Å². The van der Waals surface area contributed by atoms with Crippen LogP contribution in [-0.4, -0.2) is 15.3 Å². The lowest BCUT2D eigenvalue weighted by atomic mass is 9.96. The maximum Gasteiger partial charge on any atom is 0.225 e. The molecule has 0 bridgehead atoms. The highest BCUT2D eigenvalue weighted by Crippen LogP contribution is 2.19. The second kappa shape index (κ2) is 4.72. The smallest absolute Gasteiger partial charge is 0.225 e. The SMILES string of the molecule is CC(C)(C)C(=O)NCc1nc(Br)c2ccccn12. The van der Waals surface area contributed by atoms with E-state index in [0.717, 1.165) is 15.9 Å². The number of rotatable bonds is 2. The van der Waals surface area contributed by atoms with Crippen molar-refractivity contribution in [2.75, 3.05) is 0 Å². The number of nitrogens with zero attached hydrogens (tertiary/aromatic N) is 2. The predicted octanol–water partition coefficient (Wildman–Crippen LogP) is 2.76. The van der Waals surface area contributed by atoms with Gasteiger partial charge >= 0.3 is 0 Å². The summed E-state index contributed by atoms with van der Waals surface area (Å²) in [6.07, 6.45) is 1.94. The summed E-state index contributed by atoms with van der Waals surface area (Å²) in [6, 6.07) is 5.88. The molecule has 2 rings (SSSR count). The Balaban J connectivity index is 2.21. The van der Waals surface area contributed by atoms with Gasteiger partial charge in [0.1, 0.15) is 10.4 Å². The normalized spacial score (nSPS) is 11.8. The minimum absolute atomic E-state index is 0.0197. The maximum atomic E-state index is 11.8. The molecule has 96 valence electrons. The molecule has 1 N–H and O–H groups in total. The Kier molecular flexibility index (Phi) is 3.43. The number of amides is 1.